The number of nitrogens with two attached hydrogens (primary N) is 1. The second-order valence-corrected chi connectivity index (χ2v) is 12.3. The van der Waals surface area contributed by atoms with Crippen LogP contribution in [0.5, 0.6) is 0 Å². The Morgan fingerprint density at radius 1 is 0.833 bits per heavy atom. The van der Waals surface area contributed by atoms with Gasteiger partial charge in [0.25, 0.3) is 0 Å². The SMILES string of the molecule is Cc1cc(C)[c]([RuH][N](C(c2ccccc2)C(N)c2ccccc2)S(C)(=O)=O)c(C)c1. The molecule has 0 aliphatic carbocycles. The van der Waals surface area contributed by atoms with E-state index >= 15 is 0 Å². The van der Waals surface area contributed by atoms with Crippen LogP contribution in [-0.4, -0.2) is 17.7 Å². The molecule has 161 valence electrons. The van der Waals surface area contributed by atoms with Crippen molar-refractivity contribution >= 4 is 14.2 Å². The van der Waals surface area contributed by atoms with Crippen LogP contribution >= 0.6 is 0 Å². The number of sulfonamides is 1. The Kier molecular flexibility index (Phi) is 7.25. The monoisotopic (exact) mass is 511 g/mol. The first-order valence-electron chi connectivity index (χ1n) is 9.76. The second-order valence-electron chi connectivity index (χ2n) is 7.59. The third-order valence-electron chi connectivity index (χ3n) is 4.95. The zero-order chi connectivity index (χ0) is 21.9. The minimum absolute atomic E-state index is 0.475. The molecule has 2 unspecified atom stereocenters. The van der Waals surface area contributed by atoms with Crippen LogP contribution in [0.3, 0.4) is 0 Å². The van der Waals surface area contributed by atoms with Crippen LogP contribution in [0.4, 0.5) is 0 Å². The van der Waals surface area contributed by atoms with Crippen molar-refractivity contribution in [1.82, 2.24) is 3.05 Å². The third kappa shape index (κ3) is 5.25. The van der Waals surface area contributed by atoms with Gasteiger partial charge in [0.15, 0.2) is 0 Å². The summed E-state index contributed by atoms with van der Waals surface area (Å²) in [4.78, 5) is 0. The van der Waals surface area contributed by atoms with E-state index < -0.39 is 39.5 Å². The third-order valence-corrected chi connectivity index (χ3v) is 10.9. The van der Waals surface area contributed by atoms with E-state index in [9.17, 15) is 8.42 Å². The van der Waals surface area contributed by atoms with Crippen molar-refractivity contribution in [2.45, 2.75) is 32.9 Å². The minimum atomic E-state index is -3.50. The van der Waals surface area contributed by atoms with Gasteiger partial charge in [-0.3, -0.25) is 0 Å². The average Bonchev–Trinajstić information content (AvgIpc) is 2.70. The standard InChI is InChI=1S/C15H17N2O2S.C9H11.Ru.H/c1-20(18,19)17-15(13-10-6-3-7-11-13)14(16)12-8-4-2-5-9-12;1-7-4-8(2)6-9(3)5-7;;/h2-11,14-15H,16H2,1H3;4-5H,1-3H3;;/q-1;;+1;. The molecule has 0 amide bonds. The molecular weight excluding hydrogens is 481 g/mol. The van der Waals surface area contributed by atoms with Gasteiger partial charge in [-0.25, -0.2) is 0 Å². The fourth-order valence-electron chi connectivity index (χ4n) is 3.66. The molecule has 0 aliphatic heterocycles. The van der Waals surface area contributed by atoms with Gasteiger partial charge >= 0.3 is 188 Å². The summed E-state index contributed by atoms with van der Waals surface area (Å²) in [7, 11) is -3.50. The Hall–Kier alpha value is -1.85. The Morgan fingerprint density at radius 2 is 1.30 bits per heavy atom. The molecule has 0 saturated heterocycles. The van der Waals surface area contributed by atoms with Crippen LogP contribution in [0.15, 0.2) is 72.8 Å². The van der Waals surface area contributed by atoms with Gasteiger partial charge in [0.05, 0.1) is 0 Å². The first-order chi connectivity index (χ1) is 14.2. The maximum absolute atomic E-state index is 13.1. The van der Waals surface area contributed by atoms with Gasteiger partial charge in [0.1, 0.15) is 0 Å². The van der Waals surface area contributed by atoms with E-state index in [0.29, 0.717) is 0 Å². The number of nitrogens with zero attached hydrogens (tertiary/aromatic N) is 1. The normalized spacial score (nSPS) is 14.1. The summed E-state index contributed by atoms with van der Waals surface area (Å²) in [6, 6.07) is 22.7. The summed E-state index contributed by atoms with van der Waals surface area (Å²) in [5.74, 6) is 0. The fourth-order valence-corrected chi connectivity index (χ4v) is 7.95. The summed E-state index contributed by atoms with van der Waals surface area (Å²) >= 11 is -1.01. The predicted molar refractivity (Wildman–Crippen MR) is 121 cm³/mol. The van der Waals surface area contributed by atoms with Crippen LogP contribution in [0, 0.1) is 20.8 Å². The topological polar surface area (TPSA) is 63.4 Å². The molecule has 0 heterocycles. The molecule has 0 spiro atoms. The van der Waals surface area contributed by atoms with Crippen LogP contribution < -0.4 is 9.89 Å². The zero-order valence-electron chi connectivity index (χ0n) is 17.7. The van der Waals surface area contributed by atoms with E-state index in [1.54, 1.807) is 3.05 Å². The zero-order valence-corrected chi connectivity index (χ0v) is 20.4. The predicted octanol–water partition coefficient (Wildman–Crippen LogP) is 3.67. The number of benzene rings is 3. The van der Waals surface area contributed by atoms with Crippen molar-refractivity contribution in [2.75, 3.05) is 6.26 Å². The molecule has 2 atom stereocenters. The molecule has 0 aromatic heterocycles. The van der Waals surface area contributed by atoms with Gasteiger partial charge in [0, 0.05) is 0 Å². The van der Waals surface area contributed by atoms with E-state index in [4.69, 9.17) is 5.73 Å². The summed E-state index contributed by atoms with van der Waals surface area (Å²) in [5.41, 5.74) is 12.0. The number of hydrogen-bond acceptors (Lipinski definition) is 3. The van der Waals surface area contributed by atoms with Crippen molar-refractivity contribution in [2.24, 2.45) is 5.73 Å². The summed E-state index contributed by atoms with van der Waals surface area (Å²) < 4.78 is 28.9. The molecular formula is C24H29N2O2RuS. The molecule has 0 bridgehead atoms. The van der Waals surface area contributed by atoms with E-state index in [-0.39, 0.29) is 0 Å². The molecule has 0 saturated carbocycles. The molecule has 30 heavy (non-hydrogen) atoms. The summed E-state index contributed by atoms with van der Waals surface area (Å²) in [6.45, 7) is 6.18. The Balaban J connectivity index is 2.14. The number of hydrogen-bond donors (Lipinski definition) is 1. The first kappa shape index (κ1) is 22.8. The van der Waals surface area contributed by atoms with Gasteiger partial charge in [-0.05, 0) is 0 Å². The van der Waals surface area contributed by atoms with Crippen molar-refractivity contribution < 1.29 is 25.8 Å². The molecule has 0 fully saturated rings. The average molecular weight is 511 g/mol. The van der Waals surface area contributed by atoms with Crippen LogP contribution in [-0.2, 0) is 27.4 Å². The Bertz CT molecular complexity index is 1080. The number of rotatable bonds is 7. The van der Waals surface area contributed by atoms with Crippen molar-refractivity contribution in [3.63, 3.8) is 0 Å². The van der Waals surface area contributed by atoms with E-state index in [1.807, 2.05) is 60.7 Å². The van der Waals surface area contributed by atoms with Gasteiger partial charge in [-0.2, -0.15) is 0 Å². The number of aryl methyl sites for hydroxylation is 3. The quantitative estimate of drug-likeness (QED) is 0.494. The molecule has 3 rings (SSSR count). The fraction of sp³-hybridized carbons (Fsp3) is 0.250. The Morgan fingerprint density at radius 3 is 1.77 bits per heavy atom. The van der Waals surface area contributed by atoms with Crippen LogP contribution in [0.2, 0.25) is 0 Å². The summed E-state index contributed by atoms with van der Waals surface area (Å²) in [6.07, 6.45) is 1.29. The maximum atomic E-state index is 13.1. The molecule has 4 nitrogen and oxygen atoms in total. The molecule has 0 radical (unpaired) electrons. The van der Waals surface area contributed by atoms with Gasteiger partial charge in [-0.1, -0.05) is 0 Å². The first-order valence-corrected chi connectivity index (χ1v) is 13.4. The molecule has 0 aliphatic rings. The van der Waals surface area contributed by atoms with Crippen LogP contribution in [0.1, 0.15) is 39.9 Å². The molecule has 6 heteroatoms. The van der Waals surface area contributed by atoms with Crippen molar-refractivity contribution in [3.05, 3.63) is 101 Å². The van der Waals surface area contributed by atoms with E-state index in [1.165, 1.54) is 11.8 Å². The Labute approximate surface area is 188 Å². The van der Waals surface area contributed by atoms with E-state index in [0.717, 1.165) is 26.4 Å². The molecule has 3 aromatic rings. The van der Waals surface area contributed by atoms with Gasteiger partial charge < -0.3 is 0 Å². The van der Waals surface area contributed by atoms with Gasteiger partial charge in [-0.15, -0.1) is 0 Å². The molecule has 2 N–H and O–H groups in total. The second kappa shape index (κ2) is 9.53. The van der Waals surface area contributed by atoms with E-state index in [2.05, 4.69) is 32.9 Å². The molecule has 3 aromatic carbocycles. The van der Waals surface area contributed by atoms with Crippen molar-refractivity contribution in [1.29, 1.82) is 0 Å². The van der Waals surface area contributed by atoms with Gasteiger partial charge in [0.2, 0.25) is 0 Å². The summed E-state index contributed by atoms with van der Waals surface area (Å²) in [5, 5.41) is 0. The van der Waals surface area contributed by atoms with Crippen LogP contribution in [0.25, 0.3) is 0 Å². The van der Waals surface area contributed by atoms with Crippen molar-refractivity contribution in [3.8, 4) is 0 Å².